The number of aryl methyl sites for hydroxylation is 2. The minimum absolute atomic E-state index is 0.287. The largest absolute Gasteiger partial charge is 0.481 e. The fraction of sp³-hybridized carbons (Fsp3) is 0.400. The van der Waals surface area contributed by atoms with Gasteiger partial charge in [-0.25, -0.2) is 0 Å². The molecule has 1 atom stereocenters. The lowest BCUT2D eigenvalue weighted by Gasteiger charge is -2.15. The molecule has 0 spiro atoms. The normalized spacial score (nSPS) is 14.8. The number of hydrogen-bond acceptors (Lipinski definition) is 4. The third-order valence-corrected chi connectivity index (χ3v) is 5.78. The molecule has 1 aliphatic carbocycles. The van der Waals surface area contributed by atoms with E-state index < -0.39 is 12.0 Å². The van der Waals surface area contributed by atoms with Gasteiger partial charge in [-0.15, -0.1) is 11.3 Å². The van der Waals surface area contributed by atoms with Gasteiger partial charge >= 0.3 is 0 Å². The first-order valence-electron chi connectivity index (χ1n) is 8.94. The molecule has 0 saturated heterocycles. The van der Waals surface area contributed by atoms with Crippen LogP contribution in [-0.4, -0.2) is 17.9 Å². The maximum Gasteiger partial charge on any atom is 0.265 e. The molecule has 1 aromatic heterocycles. The van der Waals surface area contributed by atoms with Crippen LogP contribution in [0.5, 0.6) is 5.75 Å². The minimum atomic E-state index is -0.681. The number of carbonyl (C=O) groups excluding carboxylic acids is 2. The molecule has 3 N–H and O–H groups in total. The number of thiophene rings is 1. The molecular weight excluding hydrogens is 348 g/mol. The zero-order valence-corrected chi connectivity index (χ0v) is 15.9. The Bertz CT molecular complexity index is 828. The predicted octanol–water partition coefficient (Wildman–Crippen LogP) is 3.83. The van der Waals surface area contributed by atoms with E-state index in [-0.39, 0.29) is 5.91 Å². The summed E-state index contributed by atoms with van der Waals surface area (Å²) in [5, 5.41) is 3.41. The van der Waals surface area contributed by atoms with E-state index in [0.717, 1.165) is 43.2 Å². The maximum atomic E-state index is 12.6. The molecule has 1 unspecified atom stereocenters. The molecule has 26 heavy (non-hydrogen) atoms. The van der Waals surface area contributed by atoms with Crippen molar-refractivity contribution in [3.8, 4) is 5.75 Å². The van der Waals surface area contributed by atoms with Crippen LogP contribution in [0.15, 0.2) is 24.3 Å². The smallest absolute Gasteiger partial charge is 0.265 e. The summed E-state index contributed by atoms with van der Waals surface area (Å²) in [7, 11) is 0. The number of ether oxygens (including phenoxy) is 1. The van der Waals surface area contributed by atoms with E-state index in [1.165, 1.54) is 16.2 Å². The van der Waals surface area contributed by atoms with E-state index in [2.05, 4.69) is 5.32 Å². The van der Waals surface area contributed by atoms with Crippen molar-refractivity contribution in [1.29, 1.82) is 0 Å². The summed E-state index contributed by atoms with van der Waals surface area (Å²) in [4.78, 5) is 25.7. The van der Waals surface area contributed by atoms with Crippen LogP contribution in [0.2, 0.25) is 0 Å². The number of benzene rings is 1. The van der Waals surface area contributed by atoms with E-state index in [0.29, 0.717) is 16.3 Å². The van der Waals surface area contributed by atoms with Crippen molar-refractivity contribution in [3.63, 3.8) is 0 Å². The molecule has 2 amide bonds. The van der Waals surface area contributed by atoms with E-state index in [1.54, 1.807) is 6.92 Å². The minimum Gasteiger partial charge on any atom is -0.481 e. The Morgan fingerprint density at radius 3 is 2.73 bits per heavy atom. The number of primary amides is 1. The molecule has 5 nitrogen and oxygen atoms in total. The monoisotopic (exact) mass is 372 g/mol. The topological polar surface area (TPSA) is 81.4 Å². The first-order chi connectivity index (χ1) is 12.5. The van der Waals surface area contributed by atoms with Gasteiger partial charge in [0.25, 0.3) is 11.8 Å². The molecule has 0 radical (unpaired) electrons. The van der Waals surface area contributed by atoms with Crippen molar-refractivity contribution in [2.45, 2.75) is 52.1 Å². The summed E-state index contributed by atoms with van der Waals surface area (Å²) in [6.45, 7) is 3.66. The third kappa shape index (κ3) is 4.07. The fourth-order valence-electron chi connectivity index (χ4n) is 3.25. The molecule has 1 heterocycles. The Kier molecular flexibility index (Phi) is 5.61. The van der Waals surface area contributed by atoms with Gasteiger partial charge in [0.05, 0.1) is 5.56 Å². The van der Waals surface area contributed by atoms with Crippen molar-refractivity contribution >= 4 is 28.2 Å². The zero-order chi connectivity index (χ0) is 18.7. The van der Waals surface area contributed by atoms with Gasteiger partial charge in [0, 0.05) is 4.88 Å². The average molecular weight is 372 g/mol. The van der Waals surface area contributed by atoms with Gasteiger partial charge < -0.3 is 15.8 Å². The van der Waals surface area contributed by atoms with Crippen LogP contribution in [0.25, 0.3) is 0 Å². The van der Waals surface area contributed by atoms with Crippen molar-refractivity contribution in [1.82, 2.24) is 0 Å². The lowest BCUT2D eigenvalue weighted by Crippen LogP contribution is -2.30. The van der Waals surface area contributed by atoms with Gasteiger partial charge in [-0.3, -0.25) is 9.59 Å². The second kappa shape index (κ2) is 7.91. The van der Waals surface area contributed by atoms with Crippen LogP contribution in [0.1, 0.15) is 52.5 Å². The number of fused-ring (bicyclic) bond motifs is 1. The quantitative estimate of drug-likeness (QED) is 0.783. The second-order valence-electron chi connectivity index (χ2n) is 6.70. The van der Waals surface area contributed by atoms with E-state index >= 15 is 0 Å². The molecule has 1 aromatic carbocycles. The number of nitrogens with one attached hydrogen (secondary N) is 1. The van der Waals surface area contributed by atoms with Crippen LogP contribution >= 0.6 is 11.3 Å². The molecule has 0 bridgehead atoms. The Balaban J connectivity index is 1.77. The summed E-state index contributed by atoms with van der Waals surface area (Å²) >= 11 is 1.47. The van der Waals surface area contributed by atoms with E-state index in [4.69, 9.17) is 10.5 Å². The average Bonchev–Trinajstić information content (AvgIpc) is 2.76. The molecule has 138 valence electrons. The highest BCUT2D eigenvalue weighted by molar-refractivity contribution is 7.17. The number of hydrogen-bond donors (Lipinski definition) is 2. The summed E-state index contributed by atoms with van der Waals surface area (Å²) in [5.41, 5.74) is 8.17. The Morgan fingerprint density at radius 1 is 1.23 bits per heavy atom. The molecular formula is C20H24N2O3S. The van der Waals surface area contributed by atoms with Crippen molar-refractivity contribution in [3.05, 3.63) is 45.8 Å². The molecule has 0 saturated carbocycles. The Labute approximate surface area is 157 Å². The number of rotatable bonds is 5. The summed E-state index contributed by atoms with van der Waals surface area (Å²) in [6, 6.07) is 7.55. The van der Waals surface area contributed by atoms with Gasteiger partial charge in [0.2, 0.25) is 0 Å². The molecule has 6 heteroatoms. The number of carbonyl (C=O) groups is 2. The fourth-order valence-corrected chi connectivity index (χ4v) is 4.55. The Morgan fingerprint density at radius 2 is 2.00 bits per heavy atom. The molecule has 0 aliphatic heterocycles. The molecule has 2 aromatic rings. The highest BCUT2D eigenvalue weighted by Crippen LogP contribution is 2.37. The van der Waals surface area contributed by atoms with Crippen molar-refractivity contribution in [2.24, 2.45) is 5.73 Å². The summed E-state index contributed by atoms with van der Waals surface area (Å²) < 4.78 is 5.73. The number of anilines is 1. The maximum absolute atomic E-state index is 12.6. The lowest BCUT2D eigenvalue weighted by atomic mass is 10.1. The molecule has 0 fully saturated rings. The van der Waals surface area contributed by atoms with Gasteiger partial charge in [0.15, 0.2) is 6.10 Å². The molecule has 3 rings (SSSR count). The van der Waals surface area contributed by atoms with Gasteiger partial charge in [-0.05, 0) is 62.8 Å². The van der Waals surface area contributed by atoms with Crippen LogP contribution in [-0.2, 0) is 17.6 Å². The first-order valence-corrected chi connectivity index (χ1v) is 9.76. The second-order valence-corrected chi connectivity index (χ2v) is 7.80. The SMILES string of the molecule is Cc1cccc(OC(C)C(=O)Nc2sc3c(c2C(N)=O)CCCCC3)c1. The van der Waals surface area contributed by atoms with Crippen LogP contribution in [0, 0.1) is 6.92 Å². The van der Waals surface area contributed by atoms with Gasteiger partial charge in [0.1, 0.15) is 10.8 Å². The highest BCUT2D eigenvalue weighted by atomic mass is 32.1. The van der Waals surface area contributed by atoms with Gasteiger partial charge in [-0.2, -0.15) is 0 Å². The van der Waals surface area contributed by atoms with E-state index in [9.17, 15) is 9.59 Å². The van der Waals surface area contributed by atoms with Crippen LogP contribution in [0.3, 0.4) is 0 Å². The lowest BCUT2D eigenvalue weighted by molar-refractivity contribution is -0.122. The number of nitrogens with two attached hydrogens (primary N) is 1. The summed E-state index contributed by atoms with van der Waals surface area (Å²) in [5.74, 6) is -0.123. The van der Waals surface area contributed by atoms with Crippen LogP contribution < -0.4 is 15.8 Å². The zero-order valence-electron chi connectivity index (χ0n) is 15.1. The number of amides is 2. The van der Waals surface area contributed by atoms with Gasteiger partial charge in [-0.1, -0.05) is 18.6 Å². The third-order valence-electron chi connectivity index (χ3n) is 4.58. The molecule has 1 aliphatic rings. The standard InChI is InChI=1S/C20H24N2O3S/c1-12-7-6-8-14(11-12)25-13(2)19(24)22-20-17(18(21)23)15-9-4-3-5-10-16(15)26-20/h6-8,11,13H,3-5,9-10H2,1-2H3,(H2,21,23)(H,22,24). The van der Waals surface area contributed by atoms with Crippen molar-refractivity contribution in [2.75, 3.05) is 5.32 Å². The highest BCUT2D eigenvalue weighted by Gasteiger charge is 2.25. The van der Waals surface area contributed by atoms with Crippen molar-refractivity contribution < 1.29 is 14.3 Å². The van der Waals surface area contributed by atoms with E-state index in [1.807, 2.05) is 31.2 Å². The Hall–Kier alpha value is -2.34. The first kappa shape index (κ1) is 18.5. The van der Waals surface area contributed by atoms with Crippen LogP contribution in [0.4, 0.5) is 5.00 Å². The summed E-state index contributed by atoms with van der Waals surface area (Å²) in [6.07, 6.45) is 4.40. The predicted molar refractivity (Wildman–Crippen MR) is 104 cm³/mol.